The third-order valence-corrected chi connectivity index (χ3v) is 4.13. The highest BCUT2D eigenvalue weighted by atomic mass is 16.5. The first kappa shape index (κ1) is 19.0. The number of nitrogens with one attached hydrogen (secondary N) is 1. The van der Waals surface area contributed by atoms with E-state index >= 15 is 0 Å². The average molecular weight is 340 g/mol. The molecule has 0 spiro atoms. The average Bonchev–Trinajstić information content (AvgIpc) is 2.61. The summed E-state index contributed by atoms with van der Waals surface area (Å²) in [5.74, 6) is 0.532. The summed E-state index contributed by atoms with van der Waals surface area (Å²) in [6, 6.07) is 15.9. The Bertz CT molecular complexity index is 681. The molecule has 25 heavy (non-hydrogen) atoms. The largest absolute Gasteiger partial charge is 0.493 e. The summed E-state index contributed by atoms with van der Waals surface area (Å²) in [6.07, 6.45) is 0.909. The normalized spacial score (nSPS) is 12.0. The van der Waals surface area contributed by atoms with Crippen LogP contribution >= 0.6 is 0 Å². The first-order valence-electron chi connectivity index (χ1n) is 8.76. The lowest BCUT2D eigenvalue weighted by molar-refractivity contribution is 0.0938. The number of aryl methyl sites for hydroxylation is 1. The van der Waals surface area contributed by atoms with E-state index in [1.807, 2.05) is 39.2 Å². The van der Waals surface area contributed by atoms with E-state index < -0.39 is 0 Å². The molecule has 0 aromatic heterocycles. The van der Waals surface area contributed by atoms with Crippen molar-refractivity contribution in [3.8, 4) is 5.75 Å². The van der Waals surface area contributed by atoms with Crippen molar-refractivity contribution in [1.82, 2.24) is 10.2 Å². The number of para-hydroxylation sites is 1. The van der Waals surface area contributed by atoms with E-state index in [9.17, 15) is 4.79 Å². The Morgan fingerprint density at radius 1 is 1.12 bits per heavy atom. The van der Waals surface area contributed by atoms with Gasteiger partial charge in [0.1, 0.15) is 5.75 Å². The van der Waals surface area contributed by atoms with Gasteiger partial charge in [-0.05, 0) is 45.1 Å². The standard InChI is InChI=1S/C21H28N2O2/c1-5-14-25-20-9-7-6-8-18(20)21(24)22-15-19(23(3)4)17-12-10-16(2)11-13-17/h6-13,19H,5,14-15H2,1-4H3,(H,22,24). The topological polar surface area (TPSA) is 41.6 Å². The van der Waals surface area contributed by atoms with Crippen molar-refractivity contribution in [2.45, 2.75) is 26.3 Å². The van der Waals surface area contributed by atoms with Gasteiger partial charge >= 0.3 is 0 Å². The highest BCUT2D eigenvalue weighted by Crippen LogP contribution is 2.20. The Balaban J connectivity index is 2.08. The molecule has 2 rings (SSSR count). The van der Waals surface area contributed by atoms with Crippen molar-refractivity contribution in [3.05, 3.63) is 65.2 Å². The van der Waals surface area contributed by atoms with Gasteiger partial charge in [-0.1, -0.05) is 48.9 Å². The molecule has 0 heterocycles. The van der Waals surface area contributed by atoms with Crippen LogP contribution in [-0.2, 0) is 0 Å². The zero-order valence-corrected chi connectivity index (χ0v) is 15.6. The number of likely N-dealkylation sites (N-methyl/N-ethyl adjacent to an activating group) is 1. The molecule has 0 bridgehead atoms. The van der Waals surface area contributed by atoms with E-state index in [1.165, 1.54) is 11.1 Å². The number of benzene rings is 2. The molecule has 0 aliphatic heterocycles. The molecular formula is C21H28N2O2. The lowest BCUT2D eigenvalue weighted by Crippen LogP contribution is -2.34. The number of rotatable bonds is 8. The van der Waals surface area contributed by atoms with Gasteiger partial charge in [0.05, 0.1) is 18.2 Å². The molecule has 4 heteroatoms. The molecular weight excluding hydrogens is 312 g/mol. The van der Waals surface area contributed by atoms with Crippen LogP contribution in [0, 0.1) is 6.92 Å². The fourth-order valence-electron chi connectivity index (χ4n) is 2.66. The highest BCUT2D eigenvalue weighted by molar-refractivity contribution is 5.96. The summed E-state index contributed by atoms with van der Waals surface area (Å²) in [5.41, 5.74) is 3.00. The Morgan fingerprint density at radius 2 is 1.80 bits per heavy atom. The summed E-state index contributed by atoms with van der Waals surface area (Å²) in [6.45, 7) is 5.26. The predicted molar refractivity (Wildman–Crippen MR) is 102 cm³/mol. The van der Waals surface area contributed by atoms with Gasteiger partial charge in [-0.2, -0.15) is 0 Å². The molecule has 134 valence electrons. The molecule has 0 radical (unpaired) electrons. The van der Waals surface area contributed by atoms with E-state index in [0.29, 0.717) is 24.5 Å². The van der Waals surface area contributed by atoms with Gasteiger partial charge in [-0.25, -0.2) is 0 Å². The van der Waals surface area contributed by atoms with Crippen LogP contribution in [0.2, 0.25) is 0 Å². The van der Waals surface area contributed by atoms with E-state index in [2.05, 4.69) is 41.4 Å². The number of amides is 1. The lowest BCUT2D eigenvalue weighted by atomic mass is 10.0. The van der Waals surface area contributed by atoms with Crippen molar-refractivity contribution >= 4 is 5.91 Å². The number of nitrogens with zero attached hydrogens (tertiary/aromatic N) is 1. The Kier molecular flexibility index (Phi) is 7.02. The smallest absolute Gasteiger partial charge is 0.255 e. The van der Waals surface area contributed by atoms with Crippen molar-refractivity contribution in [3.63, 3.8) is 0 Å². The van der Waals surface area contributed by atoms with Gasteiger partial charge in [0.2, 0.25) is 0 Å². The van der Waals surface area contributed by atoms with Gasteiger partial charge in [0.15, 0.2) is 0 Å². The highest BCUT2D eigenvalue weighted by Gasteiger charge is 2.17. The predicted octanol–water partition coefficient (Wildman–Crippen LogP) is 3.82. The quantitative estimate of drug-likeness (QED) is 0.794. The van der Waals surface area contributed by atoms with Crippen LogP contribution in [-0.4, -0.2) is 38.1 Å². The fraction of sp³-hybridized carbons (Fsp3) is 0.381. The second-order valence-electron chi connectivity index (χ2n) is 6.44. The minimum Gasteiger partial charge on any atom is -0.493 e. The maximum absolute atomic E-state index is 12.6. The number of carbonyl (C=O) groups excluding carboxylic acids is 1. The summed E-state index contributed by atoms with van der Waals surface area (Å²) >= 11 is 0. The summed E-state index contributed by atoms with van der Waals surface area (Å²) < 4.78 is 5.69. The van der Waals surface area contributed by atoms with Gasteiger partial charge < -0.3 is 15.0 Å². The molecule has 1 unspecified atom stereocenters. The summed E-state index contributed by atoms with van der Waals surface area (Å²) in [4.78, 5) is 14.7. The molecule has 2 aromatic carbocycles. The van der Waals surface area contributed by atoms with E-state index in [-0.39, 0.29) is 11.9 Å². The molecule has 2 aromatic rings. The van der Waals surface area contributed by atoms with Gasteiger partial charge in [-0.15, -0.1) is 0 Å². The molecule has 1 amide bonds. The fourth-order valence-corrected chi connectivity index (χ4v) is 2.66. The molecule has 0 saturated carbocycles. The molecule has 1 atom stereocenters. The minimum absolute atomic E-state index is 0.106. The second-order valence-corrected chi connectivity index (χ2v) is 6.44. The molecule has 0 fully saturated rings. The number of carbonyl (C=O) groups is 1. The Hall–Kier alpha value is -2.33. The van der Waals surface area contributed by atoms with E-state index in [4.69, 9.17) is 4.74 Å². The zero-order chi connectivity index (χ0) is 18.2. The van der Waals surface area contributed by atoms with Crippen LogP contribution < -0.4 is 10.1 Å². The van der Waals surface area contributed by atoms with Gasteiger partial charge in [0.25, 0.3) is 5.91 Å². The van der Waals surface area contributed by atoms with Crippen LogP contribution in [0.4, 0.5) is 0 Å². The molecule has 0 aliphatic rings. The Labute approximate surface area is 150 Å². The maximum Gasteiger partial charge on any atom is 0.255 e. The van der Waals surface area contributed by atoms with Gasteiger partial charge in [-0.3, -0.25) is 4.79 Å². The third kappa shape index (κ3) is 5.33. The van der Waals surface area contributed by atoms with Crippen LogP contribution in [0.3, 0.4) is 0 Å². The molecule has 0 aliphatic carbocycles. The summed E-state index contributed by atoms with van der Waals surface area (Å²) in [5, 5.41) is 3.05. The first-order valence-corrected chi connectivity index (χ1v) is 8.76. The van der Waals surface area contributed by atoms with Crippen molar-refractivity contribution in [1.29, 1.82) is 0 Å². The van der Waals surface area contributed by atoms with Gasteiger partial charge in [0, 0.05) is 6.54 Å². The third-order valence-electron chi connectivity index (χ3n) is 4.13. The van der Waals surface area contributed by atoms with Crippen LogP contribution in [0.1, 0.15) is 40.9 Å². The lowest BCUT2D eigenvalue weighted by Gasteiger charge is -2.25. The van der Waals surface area contributed by atoms with E-state index in [1.54, 1.807) is 6.07 Å². The van der Waals surface area contributed by atoms with Crippen LogP contribution in [0.15, 0.2) is 48.5 Å². The number of ether oxygens (including phenoxy) is 1. The summed E-state index contributed by atoms with van der Waals surface area (Å²) in [7, 11) is 4.05. The molecule has 1 N–H and O–H groups in total. The first-order chi connectivity index (χ1) is 12.0. The molecule has 4 nitrogen and oxygen atoms in total. The maximum atomic E-state index is 12.6. The monoisotopic (exact) mass is 340 g/mol. The molecule has 0 saturated heterocycles. The van der Waals surface area contributed by atoms with Crippen molar-refractivity contribution < 1.29 is 9.53 Å². The minimum atomic E-state index is -0.106. The van der Waals surface area contributed by atoms with Crippen molar-refractivity contribution in [2.75, 3.05) is 27.2 Å². The Morgan fingerprint density at radius 3 is 2.44 bits per heavy atom. The van der Waals surface area contributed by atoms with Crippen LogP contribution in [0.25, 0.3) is 0 Å². The zero-order valence-electron chi connectivity index (χ0n) is 15.6. The van der Waals surface area contributed by atoms with Crippen molar-refractivity contribution in [2.24, 2.45) is 0 Å². The van der Waals surface area contributed by atoms with E-state index in [0.717, 1.165) is 6.42 Å². The number of hydrogen-bond acceptors (Lipinski definition) is 3. The SMILES string of the molecule is CCCOc1ccccc1C(=O)NCC(c1ccc(C)cc1)N(C)C. The number of hydrogen-bond donors (Lipinski definition) is 1. The van der Waals surface area contributed by atoms with Crippen LogP contribution in [0.5, 0.6) is 5.75 Å². The second kappa shape index (κ2) is 9.23.